The third-order valence-corrected chi connectivity index (χ3v) is 5.47. The van der Waals surface area contributed by atoms with Crippen LogP contribution in [0.15, 0.2) is 33.9 Å². The van der Waals surface area contributed by atoms with Crippen molar-refractivity contribution in [2.24, 2.45) is 7.05 Å². The summed E-state index contributed by atoms with van der Waals surface area (Å²) < 4.78 is 9.00. The van der Waals surface area contributed by atoms with Crippen molar-refractivity contribution in [3.05, 3.63) is 50.7 Å². The van der Waals surface area contributed by atoms with Gasteiger partial charge in [0, 0.05) is 25.8 Å². The minimum atomic E-state index is -0.618. The smallest absolute Gasteiger partial charge is 0.333 e. The Balaban J connectivity index is 1.87. The first kappa shape index (κ1) is 19.9. The normalized spacial score (nSPS) is 13.5. The van der Waals surface area contributed by atoms with Crippen molar-refractivity contribution in [1.82, 2.24) is 18.7 Å². The van der Waals surface area contributed by atoms with Crippen LogP contribution in [0.5, 0.6) is 0 Å². The highest BCUT2D eigenvalue weighted by molar-refractivity contribution is 5.77. The van der Waals surface area contributed by atoms with Gasteiger partial charge in [0.2, 0.25) is 5.95 Å². The molecule has 158 valence electrons. The van der Waals surface area contributed by atoms with Gasteiger partial charge >= 0.3 is 11.7 Å². The predicted molar refractivity (Wildman–Crippen MR) is 113 cm³/mol. The molecule has 0 atom stereocenters. The maximum absolute atomic E-state index is 13.2. The Morgan fingerprint density at radius 3 is 2.53 bits per heavy atom. The number of hydrogen-bond donors (Lipinski definition) is 0. The zero-order valence-electron chi connectivity index (χ0n) is 17.4. The lowest BCUT2D eigenvalue weighted by Crippen LogP contribution is -2.41. The molecule has 0 N–H and O–H groups in total. The van der Waals surface area contributed by atoms with E-state index < -0.39 is 23.8 Å². The minimum Gasteiger partial charge on any atom is -0.465 e. The third-order valence-electron chi connectivity index (χ3n) is 5.47. The van der Waals surface area contributed by atoms with E-state index in [-0.39, 0.29) is 6.61 Å². The molecule has 2 aromatic heterocycles. The van der Waals surface area contributed by atoms with Crippen molar-refractivity contribution < 1.29 is 9.53 Å². The standard InChI is InChI=1S/C21H25N5O4/c1-4-14-7-9-15(10-8-14)24-11-6-12-25-17-18(22-20(24)25)23(3)21(29)26(19(17)28)13-16(27)30-5-2/h7-10H,4-6,11-13H2,1-3H3. The number of esters is 1. The molecule has 1 aliphatic heterocycles. The largest absolute Gasteiger partial charge is 0.465 e. The SMILES string of the molecule is CCOC(=O)Cn1c(=O)c2c(nc3n2CCCN3c2ccc(CC)cc2)n(C)c1=O. The first-order chi connectivity index (χ1) is 14.5. The van der Waals surface area contributed by atoms with Gasteiger partial charge in [-0.1, -0.05) is 19.1 Å². The first-order valence-corrected chi connectivity index (χ1v) is 10.2. The van der Waals surface area contributed by atoms with Crippen molar-refractivity contribution in [2.45, 2.75) is 39.8 Å². The molecular formula is C21H25N5O4. The van der Waals surface area contributed by atoms with E-state index in [0.29, 0.717) is 23.7 Å². The van der Waals surface area contributed by atoms with Gasteiger partial charge in [0.05, 0.1) is 6.61 Å². The zero-order chi connectivity index (χ0) is 21.4. The molecule has 0 spiro atoms. The molecule has 0 saturated carbocycles. The average Bonchev–Trinajstić information content (AvgIpc) is 3.15. The van der Waals surface area contributed by atoms with Gasteiger partial charge in [-0.3, -0.25) is 14.2 Å². The maximum Gasteiger partial charge on any atom is 0.333 e. The number of fused-ring (bicyclic) bond motifs is 3. The number of rotatable bonds is 5. The van der Waals surface area contributed by atoms with Crippen molar-refractivity contribution in [1.29, 1.82) is 0 Å². The van der Waals surface area contributed by atoms with Crippen molar-refractivity contribution in [2.75, 3.05) is 18.1 Å². The van der Waals surface area contributed by atoms with E-state index in [2.05, 4.69) is 28.9 Å². The molecule has 0 saturated heterocycles. The Bertz CT molecular complexity index is 1220. The first-order valence-electron chi connectivity index (χ1n) is 10.2. The third kappa shape index (κ3) is 3.20. The summed E-state index contributed by atoms with van der Waals surface area (Å²) in [5, 5.41) is 0. The van der Waals surface area contributed by atoms with Crippen LogP contribution >= 0.6 is 0 Å². The topological polar surface area (TPSA) is 91.4 Å². The lowest BCUT2D eigenvalue weighted by molar-refractivity contribution is -0.143. The van der Waals surface area contributed by atoms with Crippen LogP contribution in [0.1, 0.15) is 25.8 Å². The molecule has 0 amide bonds. The van der Waals surface area contributed by atoms with E-state index in [1.807, 2.05) is 16.7 Å². The number of nitrogens with zero attached hydrogens (tertiary/aromatic N) is 5. The minimum absolute atomic E-state index is 0.185. The van der Waals surface area contributed by atoms with Gasteiger partial charge in [0.1, 0.15) is 6.54 Å². The van der Waals surface area contributed by atoms with Crippen LogP contribution in [0.25, 0.3) is 11.2 Å². The van der Waals surface area contributed by atoms with E-state index in [0.717, 1.165) is 29.6 Å². The van der Waals surface area contributed by atoms with Crippen molar-refractivity contribution in [3.63, 3.8) is 0 Å². The van der Waals surface area contributed by atoms with Crippen LogP contribution in [0.2, 0.25) is 0 Å². The molecule has 4 rings (SSSR count). The lowest BCUT2D eigenvalue weighted by Gasteiger charge is -2.29. The Morgan fingerprint density at radius 1 is 1.13 bits per heavy atom. The highest BCUT2D eigenvalue weighted by atomic mass is 16.5. The molecular weight excluding hydrogens is 386 g/mol. The van der Waals surface area contributed by atoms with Crippen LogP contribution in [0.4, 0.5) is 11.6 Å². The van der Waals surface area contributed by atoms with Gasteiger partial charge in [-0.25, -0.2) is 9.36 Å². The van der Waals surface area contributed by atoms with E-state index in [1.54, 1.807) is 14.0 Å². The molecule has 0 unspecified atom stereocenters. The molecule has 0 bridgehead atoms. The predicted octanol–water partition coefficient (Wildman–Crippen LogP) is 1.56. The maximum atomic E-state index is 13.2. The van der Waals surface area contributed by atoms with Crippen LogP contribution in [0.3, 0.4) is 0 Å². The van der Waals surface area contributed by atoms with Crippen LogP contribution in [-0.4, -0.2) is 37.8 Å². The summed E-state index contributed by atoms with van der Waals surface area (Å²) in [4.78, 5) is 44.5. The van der Waals surface area contributed by atoms with E-state index in [1.165, 1.54) is 10.1 Å². The van der Waals surface area contributed by atoms with Gasteiger partial charge < -0.3 is 14.2 Å². The number of benzene rings is 1. The summed E-state index contributed by atoms with van der Waals surface area (Å²) in [7, 11) is 1.56. The van der Waals surface area contributed by atoms with E-state index in [9.17, 15) is 14.4 Å². The Kier molecular flexibility index (Phi) is 5.19. The summed E-state index contributed by atoms with van der Waals surface area (Å²) >= 11 is 0. The monoisotopic (exact) mass is 411 g/mol. The molecule has 30 heavy (non-hydrogen) atoms. The van der Waals surface area contributed by atoms with Gasteiger partial charge in [-0.15, -0.1) is 0 Å². The molecule has 9 heteroatoms. The number of aryl methyl sites for hydroxylation is 3. The summed E-state index contributed by atoms with van der Waals surface area (Å²) in [6, 6.07) is 8.26. The number of carbonyl (C=O) groups is 1. The quantitative estimate of drug-likeness (QED) is 0.592. The molecule has 0 fully saturated rings. The van der Waals surface area contributed by atoms with Crippen LogP contribution < -0.4 is 16.1 Å². The second-order valence-electron chi connectivity index (χ2n) is 7.30. The fourth-order valence-corrected chi connectivity index (χ4v) is 3.90. The molecule has 0 radical (unpaired) electrons. The molecule has 3 heterocycles. The second kappa shape index (κ2) is 7.81. The Labute approximate surface area is 173 Å². The number of hydrogen-bond acceptors (Lipinski definition) is 6. The number of aromatic nitrogens is 4. The van der Waals surface area contributed by atoms with Gasteiger partial charge in [-0.05, 0) is 37.5 Å². The number of carbonyl (C=O) groups excluding carboxylic acids is 1. The average molecular weight is 411 g/mol. The highest BCUT2D eigenvalue weighted by Crippen LogP contribution is 2.31. The fourth-order valence-electron chi connectivity index (χ4n) is 3.90. The van der Waals surface area contributed by atoms with E-state index in [4.69, 9.17) is 4.74 Å². The van der Waals surface area contributed by atoms with E-state index >= 15 is 0 Å². The summed E-state index contributed by atoms with van der Waals surface area (Å²) in [6.45, 7) is 4.93. The summed E-state index contributed by atoms with van der Waals surface area (Å²) in [6.07, 6.45) is 1.79. The Hall–Kier alpha value is -3.36. The number of ether oxygens (including phenoxy) is 1. The molecule has 3 aromatic rings. The molecule has 1 aromatic carbocycles. The summed E-state index contributed by atoms with van der Waals surface area (Å²) in [5.41, 5.74) is 1.76. The van der Waals surface area contributed by atoms with Crippen molar-refractivity contribution in [3.8, 4) is 0 Å². The summed E-state index contributed by atoms with van der Waals surface area (Å²) in [5.74, 6) is 0.00792. The number of anilines is 2. The molecule has 9 nitrogen and oxygen atoms in total. The van der Waals surface area contributed by atoms with Gasteiger partial charge in [0.15, 0.2) is 11.2 Å². The second-order valence-corrected chi connectivity index (χ2v) is 7.30. The number of imidazole rings is 1. The fraction of sp³-hybridized carbons (Fsp3) is 0.429. The van der Waals surface area contributed by atoms with Crippen LogP contribution in [0, 0.1) is 0 Å². The molecule has 1 aliphatic rings. The van der Waals surface area contributed by atoms with Crippen molar-refractivity contribution >= 4 is 28.8 Å². The zero-order valence-corrected chi connectivity index (χ0v) is 17.4. The Morgan fingerprint density at radius 2 is 1.87 bits per heavy atom. The van der Waals surface area contributed by atoms with Gasteiger partial charge in [-0.2, -0.15) is 4.98 Å². The van der Waals surface area contributed by atoms with Crippen LogP contribution in [-0.2, 0) is 36.1 Å². The van der Waals surface area contributed by atoms with Gasteiger partial charge in [0.25, 0.3) is 5.56 Å². The lowest BCUT2D eigenvalue weighted by atomic mass is 10.1. The molecule has 0 aliphatic carbocycles. The highest BCUT2D eigenvalue weighted by Gasteiger charge is 2.27.